The largest absolute Gasteiger partial charge is 0.353 e. The molecule has 1 aromatic rings. The molecule has 2 fully saturated rings. The molecule has 0 aromatic heterocycles. The quantitative estimate of drug-likeness (QED) is 0.537. The molecule has 2 aliphatic rings. The molecule has 0 bridgehead atoms. The fraction of sp³-hybridized carbons (Fsp3) is 0.526. The van der Waals surface area contributed by atoms with Crippen LogP contribution < -0.4 is 21.3 Å². The summed E-state index contributed by atoms with van der Waals surface area (Å²) in [6.07, 6.45) is 3.58. The van der Waals surface area contributed by atoms with Crippen LogP contribution in [0.4, 0.5) is 5.69 Å². The molecule has 27 heavy (non-hydrogen) atoms. The Kier molecular flexibility index (Phi) is 6.73. The van der Waals surface area contributed by atoms with Crippen molar-refractivity contribution in [2.75, 3.05) is 11.1 Å². The van der Waals surface area contributed by atoms with Crippen LogP contribution in [0.3, 0.4) is 0 Å². The first kappa shape index (κ1) is 19.7. The third kappa shape index (κ3) is 6.55. The molecule has 1 heterocycles. The first-order valence-electron chi connectivity index (χ1n) is 9.37. The average molecular weight is 391 g/mol. The lowest BCUT2D eigenvalue weighted by molar-refractivity contribution is -0.125. The van der Waals surface area contributed by atoms with Crippen LogP contribution in [0.5, 0.6) is 0 Å². The van der Waals surface area contributed by atoms with Crippen molar-refractivity contribution in [1.29, 1.82) is 0 Å². The summed E-state index contributed by atoms with van der Waals surface area (Å²) in [5.74, 6) is -0.0595. The molecule has 2 unspecified atom stereocenters. The van der Waals surface area contributed by atoms with E-state index in [0.29, 0.717) is 6.04 Å². The van der Waals surface area contributed by atoms with Crippen molar-refractivity contribution in [3.63, 3.8) is 0 Å². The van der Waals surface area contributed by atoms with Crippen LogP contribution in [0.25, 0.3) is 0 Å². The lowest BCUT2D eigenvalue weighted by Gasteiger charge is -2.30. The number of benzene rings is 1. The minimum absolute atomic E-state index is 0.0262. The molecule has 1 saturated carbocycles. The van der Waals surface area contributed by atoms with Crippen LogP contribution in [0, 0.1) is 0 Å². The number of rotatable bonds is 8. The summed E-state index contributed by atoms with van der Waals surface area (Å²) in [4.78, 5) is 36.0. The van der Waals surface area contributed by atoms with Gasteiger partial charge in [-0.3, -0.25) is 19.7 Å². The first-order valence-corrected chi connectivity index (χ1v) is 10.4. The van der Waals surface area contributed by atoms with E-state index in [2.05, 4.69) is 28.2 Å². The Hall–Kier alpha value is -2.06. The third-order valence-corrected chi connectivity index (χ3v) is 5.53. The van der Waals surface area contributed by atoms with E-state index in [0.717, 1.165) is 24.9 Å². The van der Waals surface area contributed by atoms with Crippen molar-refractivity contribution in [2.24, 2.45) is 0 Å². The van der Waals surface area contributed by atoms with E-state index in [1.54, 1.807) is 0 Å². The molecule has 1 aliphatic carbocycles. The first-order chi connectivity index (χ1) is 13.0. The van der Waals surface area contributed by atoms with Crippen LogP contribution in [-0.4, -0.2) is 41.1 Å². The summed E-state index contributed by atoms with van der Waals surface area (Å²) in [6.45, 7) is 2.08. The Morgan fingerprint density at radius 3 is 2.59 bits per heavy atom. The highest BCUT2D eigenvalue weighted by Crippen LogP contribution is 2.20. The minimum Gasteiger partial charge on any atom is -0.353 e. The molecule has 1 aliphatic heterocycles. The predicted octanol–water partition coefficient (Wildman–Crippen LogP) is 1.35. The monoisotopic (exact) mass is 390 g/mol. The van der Waals surface area contributed by atoms with Gasteiger partial charge < -0.3 is 16.0 Å². The summed E-state index contributed by atoms with van der Waals surface area (Å²) in [7, 11) is 0. The van der Waals surface area contributed by atoms with E-state index in [9.17, 15) is 14.4 Å². The van der Waals surface area contributed by atoms with Crippen molar-refractivity contribution in [3.05, 3.63) is 29.8 Å². The van der Waals surface area contributed by atoms with Gasteiger partial charge in [-0.25, -0.2) is 0 Å². The van der Waals surface area contributed by atoms with E-state index >= 15 is 0 Å². The Labute approximate surface area is 163 Å². The van der Waals surface area contributed by atoms with Crippen LogP contribution >= 0.6 is 11.8 Å². The molecule has 0 spiro atoms. The van der Waals surface area contributed by atoms with Gasteiger partial charge in [-0.2, -0.15) is 0 Å². The smallest absolute Gasteiger partial charge is 0.234 e. The van der Waals surface area contributed by atoms with Gasteiger partial charge in [0.15, 0.2) is 0 Å². The van der Waals surface area contributed by atoms with Crippen molar-refractivity contribution < 1.29 is 14.4 Å². The molecule has 4 N–H and O–H groups in total. The normalized spacial score (nSPS) is 22.0. The summed E-state index contributed by atoms with van der Waals surface area (Å²) in [5.41, 5.74) is 1.60. The van der Waals surface area contributed by atoms with Crippen LogP contribution in [0.15, 0.2) is 24.3 Å². The van der Waals surface area contributed by atoms with Gasteiger partial charge in [-0.05, 0) is 37.0 Å². The zero-order valence-corrected chi connectivity index (χ0v) is 16.2. The maximum absolute atomic E-state index is 12.1. The second-order valence-electron chi connectivity index (χ2n) is 6.97. The van der Waals surface area contributed by atoms with Gasteiger partial charge in [-0.1, -0.05) is 19.1 Å². The number of carbonyl (C=O) groups is 3. The van der Waals surface area contributed by atoms with Crippen LogP contribution in [0.1, 0.15) is 38.2 Å². The molecular formula is C19H26N4O3S. The fourth-order valence-corrected chi connectivity index (χ4v) is 3.78. The van der Waals surface area contributed by atoms with Gasteiger partial charge in [0, 0.05) is 30.6 Å². The van der Waals surface area contributed by atoms with Gasteiger partial charge in [0.05, 0.1) is 5.75 Å². The number of aryl methyl sites for hydroxylation is 1. The van der Waals surface area contributed by atoms with Gasteiger partial charge in [-0.15, -0.1) is 11.8 Å². The van der Waals surface area contributed by atoms with Crippen molar-refractivity contribution in [2.45, 2.75) is 56.6 Å². The zero-order chi connectivity index (χ0) is 19.2. The Balaban J connectivity index is 1.42. The van der Waals surface area contributed by atoms with E-state index in [-0.39, 0.29) is 47.9 Å². The average Bonchev–Trinajstić information content (AvgIpc) is 3.44. The lowest BCUT2D eigenvalue weighted by Crippen LogP contribution is -2.56. The molecule has 2 atom stereocenters. The minimum atomic E-state index is -0.377. The van der Waals surface area contributed by atoms with Crippen LogP contribution in [0.2, 0.25) is 0 Å². The highest BCUT2D eigenvalue weighted by atomic mass is 32.2. The van der Waals surface area contributed by atoms with Crippen molar-refractivity contribution in [1.82, 2.24) is 16.0 Å². The van der Waals surface area contributed by atoms with Gasteiger partial charge >= 0.3 is 0 Å². The second kappa shape index (κ2) is 9.23. The van der Waals surface area contributed by atoms with E-state index in [1.165, 1.54) is 17.3 Å². The highest BCUT2D eigenvalue weighted by Gasteiger charge is 2.30. The lowest BCUT2D eigenvalue weighted by atomic mass is 10.1. The summed E-state index contributed by atoms with van der Waals surface area (Å²) >= 11 is 1.31. The summed E-state index contributed by atoms with van der Waals surface area (Å²) < 4.78 is 0. The number of amides is 3. The number of anilines is 1. The number of hydrogen-bond donors (Lipinski definition) is 4. The number of carbonyl (C=O) groups excluding carboxylic acids is 3. The summed E-state index contributed by atoms with van der Waals surface area (Å²) in [5, 5.41) is 11.8. The Bertz CT molecular complexity index is 691. The molecule has 0 radical (unpaired) electrons. The molecular weight excluding hydrogens is 364 g/mol. The molecule has 3 amide bonds. The molecule has 1 saturated heterocycles. The van der Waals surface area contributed by atoms with Crippen molar-refractivity contribution >= 4 is 35.2 Å². The van der Waals surface area contributed by atoms with E-state index in [4.69, 9.17) is 0 Å². The fourth-order valence-electron chi connectivity index (χ4n) is 2.88. The maximum Gasteiger partial charge on any atom is 0.234 e. The van der Waals surface area contributed by atoms with Gasteiger partial charge in [0.25, 0.3) is 0 Å². The van der Waals surface area contributed by atoms with Gasteiger partial charge in [0.1, 0.15) is 5.50 Å². The van der Waals surface area contributed by atoms with Crippen LogP contribution in [-0.2, 0) is 20.8 Å². The second-order valence-corrected chi connectivity index (χ2v) is 8.06. The molecule has 1 aromatic carbocycles. The predicted molar refractivity (Wildman–Crippen MR) is 106 cm³/mol. The summed E-state index contributed by atoms with van der Waals surface area (Å²) in [6, 6.07) is 7.86. The number of nitrogens with one attached hydrogen (secondary N) is 4. The number of hydrogen-bond acceptors (Lipinski definition) is 5. The van der Waals surface area contributed by atoms with E-state index in [1.807, 2.05) is 24.3 Å². The molecule has 7 nitrogen and oxygen atoms in total. The number of thioether (sulfide) groups is 1. The zero-order valence-electron chi connectivity index (χ0n) is 15.4. The molecule has 3 rings (SSSR count). The molecule has 8 heteroatoms. The standard InChI is InChI=1S/C19H26N4O3S/c1-2-12-3-5-13(6-4-12)21-18(26)11-27-19-22-15(10-17(25)23-19)9-16(24)20-14-7-8-14/h3-6,14-15,19,22H,2,7-11H2,1H3,(H,20,24)(H,21,26)(H,23,25). The van der Waals surface area contributed by atoms with Gasteiger partial charge in [0.2, 0.25) is 17.7 Å². The highest BCUT2D eigenvalue weighted by molar-refractivity contribution is 8.00. The maximum atomic E-state index is 12.1. The van der Waals surface area contributed by atoms with Crippen molar-refractivity contribution in [3.8, 4) is 0 Å². The van der Waals surface area contributed by atoms with E-state index < -0.39 is 0 Å². The Morgan fingerprint density at radius 2 is 1.93 bits per heavy atom. The topological polar surface area (TPSA) is 99.3 Å². The SMILES string of the molecule is CCc1ccc(NC(=O)CSC2NC(=O)CC(CC(=O)NC3CC3)N2)cc1. The third-order valence-electron chi connectivity index (χ3n) is 4.51. The Morgan fingerprint density at radius 1 is 1.19 bits per heavy atom. The molecule has 146 valence electrons.